The molecular formula is C30H52N8O10S. The van der Waals surface area contributed by atoms with Crippen molar-refractivity contribution >= 4 is 35.3 Å². The van der Waals surface area contributed by atoms with Gasteiger partial charge < -0.3 is 59.8 Å². The van der Waals surface area contributed by atoms with Crippen molar-refractivity contribution < 1.29 is 49.0 Å². The van der Waals surface area contributed by atoms with Gasteiger partial charge in [-0.15, -0.1) is 14.6 Å². The number of hydrogen-bond donors (Lipinski definition) is 6. The number of aromatic nitrogens is 4. The zero-order chi connectivity index (χ0) is 36.5. The van der Waals surface area contributed by atoms with Crippen LogP contribution in [0.4, 0.5) is 11.6 Å². The number of aliphatic carboxylic acids is 2. The number of rotatable bonds is 14. The Kier molecular flexibility index (Phi) is 17.8. The third kappa shape index (κ3) is 18.2. The van der Waals surface area contributed by atoms with Gasteiger partial charge in [0.2, 0.25) is 11.6 Å². The lowest BCUT2D eigenvalue weighted by Crippen LogP contribution is -2.42. The average Bonchev–Trinajstić information content (AvgIpc) is 3.13. The Hall–Kier alpha value is -3.46. The van der Waals surface area contributed by atoms with Gasteiger partial charge in [0.1, 0.15) is 25.4 Å². The molecule has 2 aliphatic heterocycles. The number of carboxylic acid groups (broad SMARTS) is 2. The van der Waals surface area contributed by atoms with Crippen LogP contribution in [0.3, 0.4) is 0 Å². The number of aliphatic hydroxyl groups is 2. The van der Waals surface area contributed by atoms with Crippen molar-refractivity contribution in [1.29, 1.82) is 0 Å². The van der Waals surface area contributed by atoms with Gasteiger partial charge in [0.25, 0.3) is 11.8 Å². The van der Waals surface area contributed by atoms with Crippen molar-refractivity contribution in [3.63, 3.8) is 0 Å². The molecule has 3 heterocycles. The standard InChI is InChI=1S/C26H48N8O6S.C4H4O4/c1-25(2,3)27-15-19(35)17-39-23-22(34-9-13-38-14-10-34)31-41-32-24(40-18-20(36)16-28-26(4,5)6)21(29-30-23)33-7-11-37-12-8-33;5-3(6)1-2-4(7)8/h19-20,27-28,35-36H,7-18H2,1-6H3;1-2H,(H,5,6)(H,7,8)/b;2-1-/t19-,20-;/m0./s1. The minimum atomic E-state index is -1.26. The highest BCUT2D eigenvalue weighted by Gasteiger charge is 2.23. The molecule has 2 atom stereocenters. The molecule has 1 aromatic heterocycles. The van der Waals surface area contributed by atoms with Crippen molar-refractivity contribution in [2.75, 3.05) is 88.7 Å². The van der Waals surface area contributed by atoms with Crippen LogP contribution < -0.4 is 29.9 Å². The van der Waals surface area contributed by atoms with Crippen molar-refractivity contribution in [3.8, 4) is 11.8 Å². The number of anilines is 2. The topological polar surface area (TPSA) is 234 Å². The lowest BCUT2D eigenvalue weighted by atomic mass is 10.1. The molecule has 0 amide bonds. The molecule has 19 heteroatoms. The monoisotopic (exact) mass is 716 g/mol. The second kappa shape index (κ2) is 20.9. The van der Waals surface area contributed by atoms with Gasteiger partial charge in [-0.1, -0.05) is 0 Å². The van der Waals surface area contributed by atoms with E-state index in [1.807, 2.05) is 51.3 Å². The summed E-state index contributed by atoms with van der Waals surface area (Å²) >= 11 is 0.938. The van der Waals surface area contributed by atoms with E-state index in [1.165, 1.54) is 0 Å². The molecule has 18 nitrogen and oxygen atoms in total. The molecule has 0 unspecified atom stereocenters. The zero-order valence-electron chi connectivity index (χ0n) is 29.1. The summed E-state index contributed by atoms with van der Waals surface area (Å²) in [6.07, 6.45) is -0.423. The van der Waals surface area contributed by atoms with Gasteiger partial charge in [-0.3, -0.25) is 0 Å². The fourth-order valence-corrected chi connectivity index (χ4v) is 4.46. The number of hydrogen-bond acceptors (Lipinski definition) is 17. The van der Waals surface area contributed by atoms with Gasteiger partial charge in [-0.2, -0.15) is 4.37 Å². The number of carboxylic acids is 2. The van der Waals surface area contributed by atoms with Crippen LogP contribution in [0, 0.1) is 0 Å². The summed E-state index contributed by atoms with van der Waals surface area (Å²) in [7, 11) is 0. The Bertz CT molecular complexity index is 1230. The van der Waals surface area contributed by atoms with Crippen molar-refractivity contribution in [2.45, 2.75) is 64.8 Å². The summed E-state index contributed by atoms with van der Waals surface area (Å²) < 4.78 is 32.3. The van der Waals surface area contributed by atoms with E-state index < -0.39 is 24.1 Å². The number of ether oxygens (including phenoxy) is 4. The van der Waals surface area contributed by atoms with Crippen LogP contribution in [0.5, 0.6) is 11.8 Å². The smallest absolute Gasteiger partial charge is 0.328 e. The molecule has 0 aliphatic carbocycles. The predicted octanol–water partition coefficient (Wildman–Crippen LogP) is 0.0931. The van der Waals surface area contributed by atoms with Gasteiger partial charge in [-0.25, -0.2) is 9.59 Å². The van der Waals surface area contributed by atoms with Crippen LogP contribution in [-0.2, 0) is 19.1 Å². The van der Waals surface area contributed by atoms with E-state index in [0.717, 1.165) is 11.7 Å². The number of nitrogens with zero attached hydrogens (tertiary/aromatic N) is 6. The van der Waals surface area contributed by atoms with E-state index in [4.69, 9.17) is 29.2 Å². The molecular weight excluding hydrogens is 664 g/mol. The Morgan fingerprint density at radius 2 is 1.18 bits per heavy atom. The summed E-state index contributed by atoms with van der Waals surface area (Å²) in [6, 6.07) is 0. The molecule has 0 bridgehead atoms. The molecule has 3 rings (SSSR count). The Balaban J connectivity index is 0.000000924. The minimum absolute atomic E-state index is 0.00443. The number of carbonyl (C=O) groups is 2. The number of β-amino-alcohol motifs (C(OH)–C–C–N with tert-alkyl or cyclic N) is 2. The van der Waals surface area contributed by atoms with Gasteiger partial charge in [0.15, 0.2) is 0 Å². The van der Waals surface area contributed by atoms with Gasteiger partial charge in [0.05, 0.1) is 38.2 Å². The maximum absolute atomic E-state index is 10.6. The van der Waals surface area contributed by atoms with Gasteiger partial charge in [0, 0.05) is 62.5 Å². The highest BCUT2D eigenvalue weighted by Crippen LogP contribution is 2.27. The first kappa shape index (κ1) is 41.7. The lowest BCUT2D eigenvalue weighted by Gasteiger charge is -2.28. The Morgan fingerprint density at radius 3 is 1.61 bits per heavy atom. The van der Waals surface area contributed by atoms with Crippen LogP contribution in [0.1, 0.15) is 41.5 Å². The highest BCUT2D eigenvalue weighted by molar-refractivity contribution is 6.99. The lowest BCUT2D eigenvalue weighted by molar-refractivity contribution is -0.134. The molecule has 6 N–H and O–H groups in total. The van der Waals surface area contributed by atoms with E-state index in [2.05, 4.69) is 29.6 Å². The zero-order valence-corrected chi connectivity index (χ0v) is 29.9. The predicted molar refractivity (Wildman–Crippen MR) is 182 cm³/mol. The summed E-state index contributed by atoms with van der Waals surface area (Å²) in [6.45, 7) is 17.3. The van der Waals surface area contributed by atoms with Gasteiger partial charge >= 0.3 is 11.9 Å². The molecule has 2 saturated heterocycles. The number of nitrogens with one attached hydrogen (secondary N) is 2. The second-order valence-electron chi connectivity index (χ2n) is 13.1. The van der Waals surface area contributed by atoms with Crippen molar-refractivity contribution in [3.05, 3.63) is 12.2 Å². The van der Waals surface area contributed by atoms with E-state index >= 15 is 0 Å². The van der Waals surface area contributed by atoms with Crippen molar-refractivity contribution in [1.82, 2.24) is 29.6 Å². The van der Waals surface area contributed by atoms with E-state index in [1.54, 1.807) is 0 Å². The third-order valence-corrected chi connectivity index (χ3v) is 6.92. The summed E-state index contributed by atoms with van der Waals surface area (Å²) in [5.41, 5.74) is -0.284. The van der Waals surface area contributed by atoms with Crippen LogP contribution in [-0.4, -0.2) is 154 Å². The molecule has 49 heavy (non-hydrogen) atoms. The molecule has 0 aromatic carbocycles. The molecule has 2 aliphatic rings. The van der Waals surface area contributed by atoms with Crippen LogP contribution in [0.15, 0.2) is 12.2 Å². The summed E-state index contributed by atoms with van der Waals surface area (Å²) in [4.78, 5) is 23.1. The first-order valence-corrected chi connectivity index (χ1v) is 16.7. The SMILES string of the molecule is CC(C)(C)NC[C@H](O)COc1nsnc(N2CCOCC2)c(OC[C@@H](O)CNC(C)(C)C)nnc1N1CCOCC1.O=C(O)/C=C\C(=O)O. The summed E-state index contributed by atoms with van der Waals surface area (Å²) in [5, 5.41) is 52.3. The van der Waals surface area contributed by atoms with Crippen LogP contribution >= 0.6 is 11.7 Å². The first-order chi connectivity index (χ1) is 23.0. The van der Waals surface area contributed by atoms with E-state index in [0.29, 0.717) is 89.5 Å². The third-order valence-electron chi connectivity index (χ3n) is 6.42. The van der Waals surface area contributed by atoms with Crippen molar-refractivity contribution in [2.24, 2.45) is 0 Å². The maximum Gasteiger partial charge on any atom is 0.328 e. The quantitative estimate of drug-likeness (QED) is 0.140. The fourth-order valence-electron chi connectivity index (χ4n) is 3.94. The Morgan fingerprint density at radius 1 is 0.755 bits per heavy atom. The maximum atomic E-state index is 10.6. The normalized spacial score (nSPS) is 16.7. The first-order valence-electron chi connectivity index (χ1n) is 15.9. The average molecular weight is 717 g/mol. The molecule has 0 saturated carbocycles. The molecule has 278 valence electrons. The molecule has 0 spiro atoms. The fraction of sp³-hybridized carbons (Fsp3) is 0.733. The molecule has 0 radical (unpaired) electrons. The molecule has 1 aromatic rings. The molecule has 2 fully saturated rings. The largest absolute Gasteiger partial charge is 0.478 e. The Labute approximate surface area is 291 Å². The van der Waals surface area contributed by atoms with Crippen LogP contribution in [0.2, 0.25) is 0 Å². The number of aliphatic hydroxyl groups excluding tert-OH is 2. The highest BCUT2D eigenvalue weighted by atomic mass is 32.1. The minimum Gasteiger partial charge on any atom is -0.478 e. The van der Waals surface area contributed by atoms with Crippen LogP contribution in [0.25, 0.3) is 0 Å². The van der Waals surface area contributed by atoms with Gasteiger partial charge in [-0.05, 0) is 41.5 Å². The van der Waals surface area contributed by atoms with E-state index in [9.17, 15) is 19.8 Å². The van der Waals surface area contributed by atoms with E-state index in [-0.39, 0.29) is 36.1 Å². The number of morpholine rings is 2. The second-order valence-corrected chi connectivity index (χ2v) is 13.7. The summed E-state index contributed by atoms with van der Waals surface area (Å²) in [5.74, 6) is -1.29.